The number of carbonyl (C=O) groups is 1. The Bertz CT molecular complexity index is 523. The number of aromatic nitrogens is 2. The smallest absolute Gasteiger partial charge is 0.321 e. The molecule has 6 nitrogen and oxygen atoms in total. The van der Waals surface area contributed by atoms with E-state index in [1.807, 2.05) is 4.57 Å². The van der Waals surface area contributed by atoms with Crippen LogP contribution in [0.4, 0.5) is 0 Å². The summed E-state index contributed by atoms with van der Waals surface area (Å²) < 4.78 is 25.2. The quantitative estimate of drug-likeness (QED) is 0.720. The highest BCUT2D eigenvalue weighted by Crippen LogP contribution is 2.54. The molecule has 0 aliphatic carbocycles. The lowest BCUT2D eigenvalue weighted by molar-refractivity contribution is -0.117. The Kier molecular flexibility index (Phi) is 5.07. The van der Waals surface area contributed by atoms with Gasteiger partial charge < -0.3 is 13.6 Å². The van der Waals surface area contributed by atoms with Crippen molar-refractivity contribution in [3.8, 4) is 0 Å². The second-order valence-corrected chi connectivity index (χ2v) is 7.67. The summed E-state index contributed by atoms with van der Waals surface area (Å²) in [5.74, 6) is 0.0463. The van der Waals surface area contributed by atoms with E-state index in [-0.39, 0.29) is 23.2 Å². The highest BCUT2D eigenvalue weighted by molar-refractivity contribution is 8.00. The first-order valence-electron chi connectivity index (χ1n) is 6.58. The maximum atomic E-state index is 12.7. The molecule has 0 N–H and O–H groups in total. The molecular weight excluding hydrogens is 299 g/mol. The zero-order valence-corrected chi connectivity index (χ0v) is 13.5. The first kappa shape index (κ1) is 15.8. The molecule has 0 saturated heterocycles. The zero-order valence-electron chi connectivity index (χ0n) is 11.8. The number of fused-ring (bicyclic) bond motifs is 1. The third-order valence-electron chi connectivity index (χ3n) is 3.04. The van der Waals surface area contributed by atoms with Gasteiger partial charge in [-0.15, -0.1) is 0 Å². The van der Waals surface area contributed by atoms with Gasteiger partial charge in [0.05, 0.1) is 30.7 Å². The Morgan fingerprint density at radius 3 is 2.65 bits per heavy atom. The predicted molar refractivity (Wildman–Crippen MR) is 77.3 cm³/mol. The van der Waals surface area contributed by atoms with E-state index in [2.05, 4.69) is 4.98 Å². The van der Waals surface area contributed by atoms with Gasteiger partial charge >= 0.3 is 7.60 Å². The minimum atomic E-state index is -3.19. The lowest BCUT2D eigenvalue weighted by Gasteiger charge is -2.23. The molecule has 8 heteroatoms. The third kappa shape index (κ3) is 3.17. The van der Waals surface area contributed by atoms with Crippen LogP contribution < -0.4 is 0 Å². The van der Waals surface area contributed by atoms with Crippen molar-refractivity contribution in [3.63, 3.8) is 0 Å². The number of Topliss-reactive ketones (excluding diaryl/α,β-unsaturated/α-hetero) is 1. The summed E-state index contributed by atoms with van der Waals surface area (Å²) in [4.78, 5) is 16.0. The van der Waals surface area contributed by atoms with Crippen molar-refractivity contribution in [1.29, 1.82) is 0 Å². The van der Waals surface area contributed by atoms with Gasteiger partial charge in [0, 0.05) is 12.4 Å². The number of hydrogen-bond acceptors (Lipinski definition) is 6. The highest BCUT2D eigenvalue weighted by atomic mass is 32.2. The Morgan fingerprint density at radius 1 is 1.45 bits per heavy atom. The van der Waals surface area contributed by atoms with E-state index in [1.165, 1.54) is 11.8 Å². The molecule has 0 unspecified atom stereocenters. The molecule has 0 fully saturated rings. The summed E-state index contributed by atoms with van der Waals surface area (Å²) in [6.07, 6.45) is 3.67. The molecule has 1 aromatic heterocycles. The molecule has 0 spiro atoms. The van der Waals surface area contributed by atoms with Crippen molar-refractivity contribution in [2.24, 2.45) is 0 Å². The minimum Gasteiger partial charge on any atom is -0.321 e. The number of carbonyl (C=O) groups excluding carboxylic acids is 1. The number of thioether (sulfide) groups is 1. The highest BCUT2D eigenvalue weighted by Gasteiger charge is 2.42. The summed E-state index contributed by atoms with van der Waals surface area (Å²) >= 11 is 1.41. The van der Waals surface area contributed by atoms with Crippen molar-refractivity contribution in [2.75, 3.05) is 19.4 Å². The second kappa shape index (κ2) is 6.43. The van der Waals surface area contributed by atoms with Gasteiger partial charge in [0.1, 0.15) is 5.78 Å². The van der Waals surface area contributed by atoms with Gasteiger partial charge in [0.15, 0.2) is 5.16 Å². The summed E-state index contributed by atoms with van der Waals surface area (Å²) in [5, 5.41) is 0.489. The van der Waals surface area contributed by atoms with Crippen LogP contribution in [0.5, 0.6) is 0 Å². The van der Waals surface area contributed by atoms with Gasteiger partial charge in [-0.2, -0.15) is 0 Å². The van der Waals surface area contributed by atoms with Crippen molar-refractivity contribution in [3.05, 3.63) is 12.4 Å². The molecule has 2 rings (SSSR count). The fraction of sp³-hybridized carbons (Fsp3) is 0.667. The minimum absolute atomic E-state index is 0.0463. The van der Waals surface area contributed by atoms with Crippen LogP contribution in [0.25, 0.3) is 0 Å². The topological polar surface area (TPSA) is 70.4 Å². The molecule has 0 amide bonds. The number of nitrogens with zero attached hydrogens (tertiary/aromatic N) is 2. The maximum Gasteiger partial charge on any atom is 0.332 e. The zero-order chi connectivity index (χ0) is 14.8. The van der Waals surface area contributed by atoms with Crippen molar-refractivity contribution < 1.29 is 18.4 Å². The molecule has 1 aliphatic heterocycles. The van der Waals surface area contributed by atoms with E-state index in [4.69, 9.17) is 9.05 Å². The van der Waals surface area contributed by atoms with Gasteiger partial charge in [-0.05, 0) is 20.8 Å². The fourth-order valence-corrected chi connectivity index (χ4v) is 5.56. The molecular formula is C12H19N2O4PS. The first-order valence-corrected chi connectivity index (χ1v) is 9.19. The number of rotatable bonds is 7. The summed E-state index contributed by atoms with van der Waals surface area (Å²) in [7, 11) is -3.19. The van der Waals surface area contributed by atoms with Crippen LogP contribution in [0.15, 0.2) is 17.6 Å². The second-order valence-electron chi connectivity index (χ2n) is 4.46. The summed E-state index contributed by atoms with van der Waals surface area (Å²) in [6.45, 7) is 5.74. The van der Waals surface area contributed by atoms with E-state index in [1.54, 1.807) is 33.2 Å². The van der Waals surface area contributed by atoms with Gasteiger partial charge in [-0.1, -0.05) is 11.8 Å². The molecule has 2 atom stereocenters. The normalized spacial score (nSPS) is 21.9. The lowest BCUT2D eigenvalue weighted by atomic mass is 10.2. The number of hydrogen-bond donors (Lipinski definition) is 0. The number of imidazole rings is 1. The van der Waals surface area contributed by atoms with E-state index >= 15 is 0 Å². The van der Waals surface area contributed by atoms with Crippen LogP contribution in [-0.4, -0.2) is 40.0 Å². The van der Waals surface area contributed by atoms with E-state index in [0.29, 0.717) is 13.2 Å². The molecule has 112 valence electrons. The molecule has 0 bridgehead atoms. The van der Waals surface area contributed by atoms with Crippen molar-refractivity contribution in [1.82, 2.24) is 9.55 Å². The standard InChI is InChI=1S/C12H19N2O4PS/c1-4-17-19(16,18-5-2)8-10-11(9(3)15)20-12-13-6-7-14(10)12/h6-7,10-11H,4-5,8H2,1-3H3/t10-,11-/m0/s1. The van der Waals surface area contributed by atoms with Crippen LogP contribution in [0.3, 0.4) is 0 Å². The Hall–Kier alpha value is -0.620. The average molecular weight is 318 g/mol. The summed E-state index contributed by atoms with van der Waals surface area (Å²) in [5.41, 5.74) is 0. The summed E-state index contributed by atoms with van der Waals surface area (Å²) in [6, 6.07) is -0.237. The Morgan fingerprint density at radius 2 is 2.10 bits per heavy atom. The average Bonchev–Trinajstić information content (AvgIpc) is 2.92. The monoisotopic (exact) mass is 318 g/mol. The maximum absolute atomic E-state index is 12.7. The van der Waals surface area contributed by atoms with Crippen LogP contribution >= 0.6 is 19.4 Å². The molecule has 1 aromatic rings. The molecule has 2 heterocycles. The van der Waals surface area contributed by atoms with Crippen LogP contribution in [0, 0.1) is 0 Å². The molecule has 0 aromatic carbocycles. The van der Waals surface area contributed by atoms with Gasteiger partial charge in [0.25, 0.3) is 0 Å². The predicted octanol–water partition coefficient (Wildman–Crippen LogP) is 2.75. The Labute approximate surface area is 122 Å². The molecule has 0 radical (unpaired) electrons. The fourth-order valence-electron chi connectivity index (χ4n) is 2.28. The van der Waals surface area contributed by atoms with E-state index in [0.717, 1.165) is 5.16 Å². The van der Waals surface area contributed by atoms with Gasteiger partial charge in [-0.3, -0.25) is 9.36 Å². The Balaban J connectivity index is 2.24. The molecule has 1 aliphatic rings. The number of ketones is 1. The van der Waals surface area contributed by atoms with Crippen molar-refractivity contribution in [2.45, 2.75) is 37.2 Å². The van der Waals surface area contributed by atoms with Gasteiger partial charge in [-0.25, -0.2) is 4.98 Å². The van der Waals surface area contributed by atoms with E-state index < -0.39 is 7.60 Å². The first-order chi connectivity index (χ1) is 9.50. The van der Waals surface area contributed by atoms with E-state index in [9.17, 15) is 9.36 Å². The third-order valence-corrected chi connectivity index (χ3v) is 6.59. The van der Waals surface area contributed by atoms with Gasteiger partial charge in [0.2, 0.25) is 0 Å². The van der Waals surface area contributed by atoms with Crippen LogP contribution in [0.2, 0.25) is 0 Å². The SMILES string of the molecule is CCOP(=O)(C[C@H]1[C@H](C(C)=O)Sc2nccn21)OCC. The van der Waals surface area contributed by atoms with Crippen LogP contribution in [-0.2, 0) is 18.4 Å². The lowest BCUT2D eigenvalue weighted by Crippen LogP contribution is -2.26. The molecule has 0 saturated carbocycles. The largest absolute Gasteiger partial charge is 0.332 e. The van der Waals surface area contributed by atoms with Crippen molar-refractivity contribution >= 4 is 25.1 Å². The van der Waals surface area contributed by atoms with Crippen LogP contribution in [0.1, 0.15) is 26.8 Å². The molecule has 20 heavy (non-hydrogen) atoms.